The van der Waals surface area contributed by atoms with Crippen LogP contribution < -0.4 is 10.3 Å². The highest BCUT2D eigenvalue weighted by Gasteiger charge is 2.31. The summed E-state index contributed by atoms with van der Waals surface area (Å²) in [5.74, 6) is 0.588. The first kappa shape index (κ1) is 20.5. The second-order valence-electron chi connectivity index (χ2n) is 7.58. The smallest absolute Gasteiger partial charge is 0.417 e. The summed E-state index contributed by atoms with van der Waals surface area (Å²) >= 11 is 0. The zero-order valence-electron chi connectivity index (χ0n) is 16.3. The van der Waals surface area contributed by atoms with Crippen LogP contribution in [-0.2, 0) is 30.5 Å². The number of alkyl halides is 3. The van der Waals surface area contributed by atoms with E-state index in [0.29, 0.717) is 39.0 Å². The van der Waals surface area contributed by atoms with Crippen molar-refractivity contribution in [3.63, 3.8) is 0 Å². The summed E-state index contributed by atoms with van der Waals surface area (Å²) in [6, 6.07) is 7.76. The molecule has 3 heterocycles. The lowest BCUT2D eigenvalue weighted by atomic mass is 10.1. The molecule has 4 rings (SSSR count). The van der Waals surface area contributed by atoms with Crippen molar-refractivity contribution < 1.29 is 22.7 Å². The van der Waals surface area contributed by atoms with Gasteiger partial charge in [-0.05, 0) is 23.3 Å². The molecule has 0 radical (unpaired) electrons. The number of halogens is 3. The Kier molecular flexibility index (Phi) is 5.55. The van der Waals surface area contributed by atoms with E-state index in [4.69, 9.17) is 4.74 Å². The van der Waals surface area contributed by atoms with Gasteiger partial charge in [-0.1, -0.05) is 12.1 Å². The lowest BCUT2D eigenvalue weighted by molar-refractivity contribution is -0.139. The van der Waals surface area contributed by atoms with Gasteiger partial charge in [0.05, 0.1) is 12.2 Å². The zero-order chi connectivity index (χ0) is 21.3. The Morgan fingerprint density at radius 3 is 2.57 bits per heavy atom. The average molecular weight is 421 g/mol. The molecule has 1 amide bonds. The van der Waals surface area contributed by atoms with Gasteiger partial charge in [-0.25, -0.2) is 0 Å². The van der Waals surface area contributed by atoms with Crippen molar-refractivity contribution in [1.82, 2.24) is 14.4 Å². The number of nitrogens with zero attached hydrogens (tertiary/aromatic N) is 3. The lowest BCUT2D eigenvalue weighted by Crippen LogP contribution is -2.49. The van der Waals surface area contributed by atoms with Gasteiger partial charge in [0.25, 0.3) is 5.56 Å². The van der Waals surface area contributed by atoms with Crippen LogP contribution in [0.5, 0.6) is 5.75 Å². The maximum atomic E-state index is 12.9. The molecule has 0 saturated carbocycles. The Morgan fingerprint density at radius 2 is 1.83 bits per heavy atom. The largest absolute Gasteiger partial charge is 0.493 e. The molecule has 9 heteroatoms. The van der Waals surface area contributed by atoms with E-state index in [-0.39, 0.29) is 5.91 Å². The Balaban J connectivity index is 1.33. The number of ether oxygens (including phenoxy) is 1. The molecule has 0 N–H and O–H groups in total. The summed E-state index contributed by atoms with van der Waals surface area (Å²) in [5.41, 5.74) is 0.831. The van der Waals surface area contributed by atoms with Crippen LogP contribution in [0.1, 0.15) is 16.7 Å². The molecule has 30 heavy (non-hydrogen) atoms. The number of aromatic nitrogens is 1. The van der Waals surface area contributed by atoms with Crippen LogP contribution in [0.15, 0.2) is 41.3 Å². The van der Waals surface area contributed by atoms with Gasteiger partial charge >= 0.3 is 6.18 Å². The number of carbonyl (C=O) groups is 1. The number of hydrogen-bond donors (Lipinski definition) is 0. The van der Waals surface area contributed by atoms with E-state index in [9.17, 15) is 22.8 Å². The van der Waals surface area contributed by atoms with E-state index in [2.05, 4.69) is 11.0 Å². The summed E-state index contributed by atoms with van der Waals surface area (Å²) < 4.78 is 44.9. The maximum Gasteiger partial charge on any atom is 0.417 e. The van der Waals surface area contributed by atoms with Crippen molar-refractivity contribution in [1.29, 1.82) is 0 Å². The predicted octanol–water partition coefficient (Wildman–Crippen LogP) is 2.15. The Hall–Kier alpha value is -2.81. The molecule has 1 aromatic carbocycles. The van der Waals surface area contributed by atoms with Gasteiger partial charge in [0.2, 0.25) is 5.91 Å². The van der Waals surface area contributed by atoms with Crippen LogP contribution in [0.3, 0.4) is 0 Å². The molecule has 0 atom stereocenters. The van der Waals surface area contributed by atoms with Crippen molar-refractivity contribution in [3.8, 4) is 5.75 Å². The third kappa shape index (κ3) is 4.51. The number of fused-ring (bicyclic) bond motifs is 1. The fourth-order valence-corrected chi connectivity index (χ4v) is 3.82. The fraction of sp³-hybridized carbons (Fsp3) is 0.429. The highest BCUT2D eigenvalue weighted by molar-refractivity contribution is 5.76. The summed E-state index contributed by atoms with van der Waals surface area (Å²) in [6.07, 6.45) is -2.94. The van der Waals surface area contributed by atoms with Crippen LogP contribution in [0.25, 0.3) is 0 Å². The second-order valence-corrected chi connectivity index (χ2v) is 7.58. The van der Waals surface area contributed by atoms with Gasteiger partial charge in [0.15, 0.2) is 0 Å². The van der Waals surface area contributed by atoms with Gasteiger partial charge in [-0.3, -0.25) is 14.5 Å². The molecule has 0 bridgehead atoms. The van der Waals surface area contributed by atoms with Crippen LogP contribution >= 0.6 is 0 Å². The van der Waals surface area contributed by atoms with Gasteiger partial charge in [0.1, 0.15) is 12.3 Å². The molecule has 1 aromatic heterocycles. The monoisotopic (exact) mass is 421 g/mol. The van der Waals surface area contributed by atoms with E-state index in [1.54, 1.807) is 4.90 Å². The molecule has 160 valence electrons. The van der Waals surface area contributed by atoms with Gasteiger partial charge < -0.3 is 14.2 Å². The highest BCUT2D eigenvalue weighted by atomic mass is 19.4. The zero-order valence-corrected chi connectivity index (χ0v) is 16.3. The standard InChI is InChI=1S/C21H22F3N3O3/c22-21(23,24)17-2-4-19(28)27(13-17)14-20(29)26-8-6-25(7-9-26)12-15-1-3-18-16(11-15)5-10-30-18/h1-4,11,13H,5-10,12,14H2. The molecule has 2 aliphatic rings. The third-order valence-electron chi connectivity index (χ3n) is 5.50. The lowest BCUT2D eigenvalue weighted by Gasteiger charge is -2.35. The van der Waals surface area contributed by atoms with Crippen molar-refractivity contribution in [2.24, 2.45) is 0 Å². The first-order chi connectivity index (χ1) is 14.3. The van der Waals surface area contributed by atoms with E-state index >= 15 is 0 Å². The number of piperazine rings is 1. The summed E-state index contributed by atoms with van der Waals surface area (Å²) in [7, 11) is 0. The number of pyridine rings is 1. The Morgan fingerprint density at radius 1 is 1.07 bits per heavy atom. The average Bonchev–Trinajstić information content (AvgIpc) is 3.17. The first-order valence-corrected chi connectivity index (χ1v) is 9.82. The molecule has 1 saturated heterocycles. The van der Waals surface area contributed by atoms with E-state index in [1.165, 1.54) is 11.1 Å². The summed E-state index contributed by atoms with van der Waals surface area (Å²) in [6.45, 7) is 3.36. The van der Waals surface area contributed by atoms with E-state index < -0.39 is 23.8 Å². The van der Waals surface area contributed by atoms with Crippen LogP contribution in [-0.4, -0.2) is 53.1 Å². The van der Waals surface area contributed by atoms with E-state index in [1.807, 2.05) is 12.1 Å². The molecule has 0 spiro atoms. The van der Waals surface area contributed by atoms with Gasteiger partial charge in [-0.15, -0.1) is 0 Å². The van der Waals surface area contributed by atoms with Crippen molar-refractivity contribution in [3.05, 3.63) is 63.6 Å². The van der Waals surface area contributed by atoms with Gasteiger partial charge in [-0.2, -0.15) is 13.2 Å². The highest BCUT2D eigenvalue weighted by Crippen LogP contribution is 2.28. The molecule has 0 aliphatic carbocycles. The minimum absolute atomic E-state index is 0.356. The number of amides is 1. The van der Waals surface area contributed by atoms with Crippen molar-refractivity contribution in [2.75, 3.05) is 32.8 Å². The SMILES string of the molecule is O=C(Cn1cc(C(F)(F)F)ccc1=O)N1CCN(Cc2ccc3c(c2)CCO3)CC1. The number of carbonyl (C=O) groups excluding carboxylic acids is 1. The molecule has 2 aromatic rings. The maximum absolute atomic E-state index is 12.9. The second kappa shape index (κ2) is 8.14. The van der Waals surface area contributed by atoms with Crippen LogP contribution in [0, 0.1) is 0 Å². The fourth-order valence-electron chi connectivity index (χ4n) is 3.82. The number of rotatable bonds is 4. The molecule has 6 nitrogen and oxygen atoms in total. The van der Waals surface area contributed by atoms with Crippen LogP contribution in [0.4, 0.5) is 13.2 Å². The number of hydrogen-bond acceptors (Lipinski definition) is 4. The van der Waals surface area contributed by atoms with Crippen molar-refractivity contribution >= 4 is 5.91 Å². The van der Waals surface area contributed by atoms with E-state index in [0.717, 1.165) is 35.4 Å². The molecular formula is C21H22F3N3O3. The minimum atomic E-state index is -4.56. The third-order valence-corrected chi connectivity index (χ3v) is 5.50. The summed E-state index contributed by atoms with van der Waals surface area (Å²) in [4.78, 5) is 28.2. The molecule has 2 aliphatic heterocycles. The van der Waals surface area contributed by atoms with Crippen molar-refractivity contribution in [2.45, 2.75) is 25.7 Å². The molecule has 1 fully saturated rings. The molecular weight excluding hydrogens is 399 g/mol. The predicted molar refractivity (Wildman–Crippen MR) is 103 cm³/mol. The topological polar surface area (TPSA) is 54.8 Å². The minimum Gasteiger partial charge on any atom is -0.493 e. The summed E-state index contributed by atoms with van der Waals surface area (Å²) in [5, 5.41) is 0. The quantitative estimate of drug-likeness (QED) is 0.759. The molecule has 0 unspecified atom stereocenters. The Labute approximate surface area is 171 Å². The first-order valence-electron chi connectivity index (χ1n) is 9.82. The Bertz CT molecular complexity index is 995. The normalized spacial score (nSPS) is 17.0. The number of benzene rings is 1. The van der Waals surface area contributed by atoms with Crippen LogP contribution in [0.2, 0.25) is 0 Å². The van der Waals surface area contributed by atoms with Gasteiger partial charge in [0, 0.05) is 51.4 Å².